The normalized spacial score (nSPS) is 18.0. The summed E-state index contributed by atoms with van der Waals surface area (Å²) in [5, 5.41) is 16.5. The van der Waals surface area contributed by atoms with E-state index >= 15 is 0 Å². The second-order valence-corrected chi connectivity index (χ2v) is 9.36. The SMILES string of the molecule is NS(=O)(=O)c1cc2c(cc1Cl)N[C@@H](c1ccccc1OCC(=O)O)NS2(=O)=O. The van der Waals surface area contributed by atoms with Gasteiger partial charge in [0.25, 0.3) is 0 Å². The number of benzene rings is 2. The summed E-state index contributed by atoms with van der Waals surface area (Å²) in [7, 11) is -8.38. The summed E-state index contributed by atoms with van der Waals surface area (Å²) in [4.78, 5) is 9.88. The number of aliphatic carboxylic acids is 1. The number of carbonyl (C=O) groups is 1. The zero-order chi connectivity index (χ0) is 20.7. The van der Waals surface area contributed by atoms with Crippen molar-refractivity contribution < 1.29 is 31.5 Å². The van der Waals surface area contributed by atoms with Crippen LogP contribution in [0, 0.1) is 0 Å². The van der Waals surface area contributed by atoms with Crippen molar-refractivity contribution in [2.45, 2.75) is 16.0 Å². The lowest BCUT2D eigenvalue weighted by atomic mass is 10.1. The van der Waals surface area contributed by atoms with E-state index in [4.69, 9.17) is 26.6 Å². The number of primary sulfonamides is 1. The average molecular weight is 448 g/mol. The molecule has 13 heteroatoms. The van der Waals surface area contributed by atoms with Crippen molar-refractivity contribution in [3.63, 3.8) is 0 Å². The van der Waals surface area contributed by atoms with Crippen LogP contribution < -0.4 is 19.9 Å². The highest BCUT2D eigenvalue weighted by Crippen LogP contribution is 2.38. The first-order valence-corrected chi connectivity index (χ1v) is 11.0. The van der Waals surface area contributed by atoms with Crippen LogP contribution in [-0.2, 0) is 24.8 Å². The van der Waals surface area contributed by atoms with Gasteiger partial charge in [-0.15, -0.1) is 0 Å². The first-order chi connectivity index (χ1) is 13.0. The molecule has 2 aromatic carbocycles. The number of nitrogens with one attached hydrogen (secondary N) is 2. The van der Waals surface area contributed by atoms with Crippen molar-refractivity contribution in [2.24, 2.45) is 5.14 Å². The summed E-state index contributed by atoms with van der Waals surface area (Å²) in [6, 6.07) is 8.25. The van der Waals surface area contributed by atoms with Gasteiger partial charge in [0.05, 0.1) is 10.7 Å². The van der Waals surface area contributed by atoms with E-state index in [0.29, 0.717) is 5.56 Å². The molecule has 2 aromatic rings. The average Bonchev–Trinajstić information content (AvgIpc) is 2.57. The topological polar surface area (TPSA) is 165 Å². The predicted molar refractivity (Wildman–Crippen MR) is 99.1 cm³/mol. The lowest BCUT2D eigenvalue weighted by Crippen LogP contribution is -2.38. The molecule has 0 fully saturated rings. The molecule has 0 unspecified atom stereocenters. The van der Waals surface area contributed by atoms with E-state index in [1.807, 2.05) is 0 Å². The summed E-state index contributed by atoms with van der Waals surface area (Å²) in [5.41, 5.74) is 0.374. The van der Waals surface area contributed by atoms with Crippen LogP contribution in [-0.4, -0.2) is 34.5 Å². The molecule has 1 aliphatic heterocycles. The second kappa shape index (κ2) is 7.22. The number of carboxylic acids is 1. The van der Waals surface area contributed by atoms with Gasteiger partial charge in [0.15, 0.2) is 6.61 Å². The Labute approximate surface area is 165 Å². The number of sulfonamides is 2. The van der Waals surface area contributed by atoms with Gasteiger partial charge in [-0.25, -0.2) is 26.8 Å². The molecule has 0 amide bonds. The Morgan fingerprint density at radius 2 is 1.96 bits per heavy atom. The maximum atomic E-state index is 12.7. The fraction of sp³-hybridized carbons (Fsp3) is 0.133. The zero-order valence-corrected chi connectivity index (χ0v) is 16.3. The number of hydrogen-bond acceptors (Lipinski definition) is 7. The minimum Gasteiger partial charge on any atom is -0.481 e. The van der Waals surface area contributed by atoms with Gasteiger partial charge in [-0.05, 0) is 18.2 Å². The molecule has 1 atom stereocenters. The summed E-state index contributed by atoms with van der Waals surface area (Å²) in [6.07, 6.45) is -1.01. The molecular formula is C15H14ClN3O7S2. The molecule has 10 nitrogen and oxygen atoms in total. The van der Waals surface area contributed by atoms with Crippen LogP contribution >= 0.6 is 11.6 Å². The van der Waals surface area contributed by atoms with E-state index < -0.39 is 43.7 Å². The Balaban J connectivity index is 2.06. The fourth-order valence-corrected chi connectivity index (χ4v) is 5.10. The van der Waals surface area contributed by atoms with Gasteiger partial charge < -0.3 is 15.2 Å². The molecule has 5 N–H and O–H groups in total. The molecule has 0 saturated heterocycles. The molecular weight excluding hydrogens is 434 g/mol. The highest BCUT2D eigenvalue weighted by Gasteiger charge is 2.33. The van der Waals surface area contributed by atoms with Gasteiger partial charge >= 0.3 is 5.97 Å². The third-order valence-corrected chi connectivity index (χ3v) is 6.62. The van der Waals surface area contributed by atoms with Gasteiger partial charge in [-0.3, -0.25) is 0 Å². The van der Waals surface area contributed by atoms with Crippen LogP contribution in [0.4, 0.5) is 5.69 Å². The minimum atomic E-state index is -4.23. The summed E-state index contributed by atoms with van der Waals surface area (Å²) >= 11 is 5.94. The molecule has 1 heterocycles. The van der Waals surface area contributed by atoms with Crippen LogP contribution in [0.15, 0.2) is 46.2 Å². The molecule has 28 heavy (non-hydrogen) atoms. The summed E-state index contributed by atoms with van der Waals surface area (Å²) < 4.78 is 56.1. The lowest BCUT2D eigenvalue weighted by molar-refractivity contribution is -0.139. The van der Waals surface area contributed by atoms with E-state index in [1.54, 1.807) is 18.2 Å². The maximum absolute atomic E-state index is 12.7. The van der Waals surface area contributed by atoms with Crippen LogP contribution in [0.1, 0.15) is 11.7 Å². The van der Waals surface area contributed by atoms with Gasteiger partial charge in [0, 0.05) is 5.56 Å². The smallest absolute Gasteiger partial charge is 0.341 e. The highest BCUT2D eigenvalue weighted by atomic mass is 35.5. The van der Waals surface area contributed by atoms with E-state index in [1.165, 1.54) is 6.07 Å². The number of fused-ring (bicyclic) bond motifs is 1. The Bertz CT molecular complexity index is 1170. The molecule has 0 aliphatic carbocycles. The van der Waals surface area contributed by atoms with Gasteiger partial charge in [0.2, 0.25) is 20.0 Å². The van der Waals surface area contributed by atoms with Gasteiger partial charge in [-0.1, -0.05) is 29.8 Å². The molecule has 0 radical (unpaired) electrons. The molecule has 3 rings (SSSR count). The van der Waals surface area contributed by atoms with Crippen LogP contribution in [0.5, 0.6) is 5.75 Å². The molecule has 0 aromatic heterocycles. The number of anilines is 1. The van der Waals surface area contributed by atoms with E-state index in [0.717, 1.165) is 12.1 Å². The van der Waals surface area contributed by atoms with Crippen molar-refractivity contribution in [3.05, 3.63) is 47.0 Å². The Morgan fingerprint density at radius 3 is 2.61 bits per heavy atom. The van der Waals surface area contributed by atoms with Crippen molar-refractivity contribution >= 4 is 43.3 Å². The Morgan fingerprint density at radius 1 is 1.29 bits per heavy atom. The lowest BCUT2D eigenvalue weighted by Gasteiger charge is -2.29. The monoisotopic (exact) mass is 447 g/mol. The highest BCUT2D eigenvalue weighted by molar-refractivity contribution is 7.90. The Hall–Kier alpha value is -2.38. The number of ether oxygens (including phenoxy) is 1. The van der Waals surface area contributed by atoms with Gasteiger partial charge in [0.1, 0.15) is 21.7 Å². The number of nitrogens with two attached hydrogens (primary N) is 1. The quantitative estimate of drug-likeness (QED) is 0.523. The van der Waals surface area contributed by atoms with Crippen molar-refractivity contribution in [3.8, 4) is 5.75 Å². The maximum Gasteiger partial charge on any atom is 0.341 e. The zero-order valence-electron chi connectivity index (χ0n) is 13.9. The fourth-order valence-electron chi connectivity index (χ4n) is 2.62. The Kier molecular flexibility index (Phi) is 5.25. The number of hydrogen-bond donors (Lipinski definition) is 4. The minimum absolute atomic E-state index is 0.0502. The van der Waals surface area contributed by atoms with Crippen molar-refractivity contribution in [1.82, 2.24) is 4.72 Å². The van der Waals surface area contributed by atoms with E-state index in [2.05, 4.69) is 10.0 Å². The first-order valence-electron chi connectivity index (χ1n) is 7.58. The number of halogens is 1. The third-order valence-electron chi connectivity index (χ3n) is 3.78. The van der Waals surface area contributed by atoms with Crippen molar-refractivity contribution in [2.75, 3.05) is 11.9 Å². The first kappa shape index (κ1) is 20.4. The number of rotatable bonds is 5. The van der Waals surface area contributed by atoms with Crippen LogP contribution in [0.25, 0.3) is 0 Å². The predicted octanol–water partition coefficient (Wildman–Crippen LogP) is 0.853. The van der Waals surface area contributed by atoms with Crippen molar-refractivity contribution in [1.29, 1.82) is 0 Å². The van der Waals surface area contributed by atoms with E-state index in [-0.39, 0.29) is 21.4 Å². The third kappa shape index (κ3) is 4.05. The van der Waals surface area contributed by atoms with E-state index in [9.17, 15) is 21.6 Å². The molecule has 1 aliphatic rings. The molecule has 0 spiro atoms. The molecule has 0 saturated carbocycles. The van der Waals surface area contributed by atoms with Crippen LogP contribution in [0.2, 0.25) is 5.02 Å². The summed E-state index contributed by atoms with van der Waals surface area (Å²) in [6.45, 7) is -0.614. The molecule has 0 bridgehead atoms. The van der Waals surface area contributed by atoms with Crippen LogP contribution in [0.3, 0.4) is 0 Å². The second-order valence-electron chi connectivity index (χ2n) is 5.74. The number of para-hydroxylation sites is 1. The summed E-state index contributed by atoms with van der Waals surface area (Å²) in [5.74, 6) is -1.04. The number of carboxylic acid groups (broad SMARTS) is 1. The standard InChI is InChI=1S/C15H14ClN3O7S2/c16-9-5-10-13(6-12(9)27(17,22)23)28(24,25)19-15(18-10)8-3-1-2-4-11(8)26-7-14(20)21/h1-6,15,18-19H,7H2,(H,20,21)(H2,17,22,23)/t15-/m1/s1. The van der Waals surface area contributed by atoms with Gasteiger partial charge in [-0.2, -0.15) is 4.72 Å². The largest absolute Gasteiger partial charge is 0.481 e. The molecule has 150 valence electrons.